The molecule has 0 spiro atoms. The van der Waals surface area contributed by atoms with E-state index in [1.807, 2.05) is 45.0 Å². The molecule has 0 radical (unpaired) electrons. The van der Waals surface area contributed by atoms with Gasteiger partial charge in [-0.15, -0.1) is 0 Å². The summed E-state index contributed by atoms with van der Waals surface area (Å²) < 4.78 is 7.96. The number of fused-ring (bicyclic) bond motifs is 4. The standard InChI is InChI=1S/C23H29N5O4/c1-14(2)28-18(10-11-25-28)26-19(29)9-6-12-27-22(31)20(21(24)30)16-13-23(27,3)32-17-8-5-4-7-15(16)17/h4-5,7-8,10-11,14,16,20H,6,9,12-13H2,1-3H3,(H2,24,30)(H,26,29)/t16-,20-,23+/m0/s1. The zero-order valence-electron chi connectivity index (χ0n) is 18.6. The number of benzene rings is 1. The van der Waals surface area contributed by atoms with Crippen LogP contribution in [0.1, 0.15) is 57.6 Å². The smallest absolute Gasteiger partial charge is 0.238 e. The molecular formula is C23H29N5O4. The maximum absolute atomic E-state index is 13.3. The van der Waals surface area contributed by atoms with Crippen molar-refractivity contribution in [1.29, 1.82) is 0 Å². The van der Waals surface area contributed by atoms with Crippen LogP contribution in [0.4, 0.5) is 5.82 Å². The van der Waals surface area contributed by atoms with Gasteiger partial charge in [-0.1, -0.05) is 18.2 Å². The zero-order valence-corrected chi connectivity index (χ0v) is 18.6. The molecule has 32 heavy (non-hydrogen) atoms. The van der Waals surface area contributed by atoms with Crippen molar-refractivity contribution in [3.8, 4) is 5.75 Å². The second kappa shape index (κ2) is 8.29. The van der Waals surface area contributed by atoms with Crippen LogP contribution in [0.15, 0.2) is 36.5 Å². The minimum Gasteiger partial charge on any atom is -0.468 e. The predicted molar refractivity (Wildman–Crippen MR) is 118 cm³/mol. The maximum Gasteiger partial charge on any atom is 0.238 e. The Morgan fingerprint density at radius 3 is 2.78 bits per heavy atom. The third kappa shape index (κ3) is 3.83. The Hall–Kier alpha value is -3.36. The Morgan fingerprint density at radius 2 is 2.06 bits per heavy atom. The number of aromatic nitrogens is 2. The van der Waals surface area contributed by atoms with Crippen LogP contribution in [0.5, 0.6) is 5.75 Å². The van der Waals surface area contributed by atoms with Crippen molar-refractivity contribution in [3.63, 3.8) is 0 Å². The zero-order chi connectivity index (χ0) is 23.0. The van der Waals surface area contributed by atoms with Gasteiger partial charge in [0.15, 0.2) is 5.72 Å². The average Bonchev–Trinajstić information content (AvgIpc) is 3.18. The van der Waals surface area contributed by atoms with Crippen molar-refractivity contribution in [2.45, 2.75) is 57.7 Å². The number of piperidine rings is 1. The summed E-state index contributed by atoms with van der Waals surface area (Å²) in [7, 11) is 0. The van der Waals surface area contributed by atoms with E-state index in [1.54, 1.807) is 21.8 Å². The minimum atomic E-state index is -0.942. The number of hydrogen-bond donors (Lipinski definition) is 2. The highest BCUT2D eigenvalue weighted by atomic mass is 16.5. The number of carbonyl (C=O) groups excluding carboxylic acids is 3. The van der Waals surface area contributed by atoms with Crippen molar-refractivity contribution in [3.05, 3.63) is 42.1 Å². The summed E-state index contributed by atoms with van der Waals surface area (Å²) in [6.07, 6.45) is 2.75. The molecule has 3 N–H and O–H groups in total. The molecule has 170 valence electrons. The van der Waals surface area contributed by atoms with E-state index in [1.165, 1.54) is 0 Å². The topological polar surface area (TPSA) is 120 Å². The van der Waals surface area contributed by atoms with Crippen molar-refractivity contribution in [2.24, 2.45) is 11.7 Å². The fraction of sp³-hybridized carbons (Fsp3) is 0.478. The average molecular weight is 440 g/mol. The molecule has 2 aliphatic rings. The Balaban J connectivity index is 1.46. The van der Waals surface area contributed by atoms with Crippen LogP contribution >= 0.6 is 0 Å². The molecule has 2 aromatic rings. The fourth-order valence-electron chi connectivity index (χ4n) is 4.81. The molecule has 1 aromatic heterocycles. The number of likely N-dealkylation sites (tertiary alicyclic amines) is 1. The van der Waals surface area contributed by atoms with Gasteiger partial charge in [-0.25, -0.2) is 4.68 Å². The van der Waals surface area contributed by atoms with E-state index < -0.39 is 17.6 Å². The summed E-state index contributed by atoms with van der Waals surface area (Å²) >= 11 is 0. The lowest BCUT2D eigenvalue weighted by Crippen LogP contribution is -2.64. The van der Waals surface area contributed by atoms with E-state index in [0.29, 0.717) is 24.4 Å². The minimum absolute atomic E-state index is 0.122. The largest absolute Gasteiger partial charge is 0.468 e. The van der Waals surface area contributed by atoms with Gasteiger partial charge in [0.2, 0.25) is 17.7 Å². The number of carbonyl (C=O) groups is 3. The number of rotatable bonds is 7. The first-order valence-corrected chi connectivity index (χ1v) is 10.9. The number of ether oxygens (including phenoxy) is 1. The molecule has 0 unspecified atom stereocenters. The quantitative estimate of drug-likeness (QED) is 0.642. The maximum atomic E-state index is 13.3. The highest BCUT2D eigenvalue weighted by molar-refractivity contribution is 6.02. The molecular weight excluding hydrogens is 410 g/mol. The fourth-order valence-corrected chi connectivity index (χ4v) is 4.81. The molecule has 0 aliphatic carbocycles. The van der Waals surface area contributed by atoms with Gasteiger partial charge >= 0.3 is 0 Å². The molecule has 3 amide bonds. The van der Waals surface area contributed by atoms with E-state index in [0.717, 1.165) is 5.56 Å². The van der Waals surface area contributed by atoms with Crippen LogP contribution in [0.25, 0.3) is 0 Å². The molecule has 3 heterocycles. The van der Waals surface area contributed by atoms with Crippen molar-refractivity contribution in [1.82, 2.24) is 14.7 Å². The lowest BCUT2D eigenvalue weighted by atomic mass is 9.73. The van der Waals surface area contributed by atoms with Crippen LogP contribution in [0.3, 0.4) is 0 Å². The number of nitrogens with two attached hydrogens (primary N) is 1. The summed E-state index contributed by atoms with van der Waals surface area (Å²) in [6, 6.07) is 9.32. The number of amides is 3. The normalized spacial score (nSPS) is 24.1. The molecule has 2 bridgehead atoms. The number of para-hydroxylation sites is 1. The van der Waals surface area contributed by atoms with Crippen molar-refractivity contribution >= 4 is 23.5 Å². The number of nitrogens with zero attached hydrogens (tertiary/aromatic N) is 3. The van der Waals surface area contributed by atoms with Crippen LogP contribution in [0.2, 0.25) is 0 Å². The van der Waals surface area contributed by atoms with E-state index in [4.69, 9.17) is 10.5 Å². The predicted octanol–water partition coefficient (Wildman–Crippen LogP) is 2.41. The molecule has 3 atom stereocenters. The first-order valence-electron chi connectivity index (χ1n) is 10.9. The molecule has 9 heteroatoms. The van der Waals surface area contributed by atoms with Gasteiger partial charge in [0.25, 0.3) is 0 Å². The van der Waals surface area contributed by atoms with Gasteiger partial charge in [0, 0.05) is 37.4 Å². The van der Waals surface area contributed by atoms with Gasteiger partial charge in [-0.05, 0) is 38.8 Å². The summed E-state index contributed by atoms with van der Waals surface area (Å²) in [5.41, 5.74) is 5.59. The molecule has 4 rings (SSSR count). The van der Waals surface area contributed by atoms with Gasteiger partial charge < -0.3 is 20.7 Å². The highest BCUT2D eigenvalue weighted by Gasteiger charge is 2.55. The number of hydrogen-bond acceptors (Lipinski definition) is 5. The Labute approximate surface area is 186 Å². The first-order chi connectivity index (χ1) is 15.2. The van der Waals surface area contributed by atoms with Gasteiger partial charge in [-0.2, -0.15) is 5.10 Å². The van der Waals surface area contributed by atoms with E-state index >= 15 is 0 Å². The van der Waals surface area contributed by atoms with E-state index in [-0.39, 0.29) is 36.7 Å². The molecule has 1 saturated heterocycles. The van der Waals surface area contributed by atoms with Crippen LogP contribution in [-0.2, 0) is 14.4 Å². The summed E-state index contributed by atoms with van der Waals surface area (Å²) in [4.78, 5) is 39.6. The van der Waals surface area contributed by atoms with Gasteiger partial charge in [0.05, 0.1) is 6.20 Å². The van der Waals surface area contributed by atoms with Crippen LogP contribution in [-0.4, -0.2) is 44.7 Å². The van der Waals surface area contributed by atoms with Crippen LogP contribution in [0, 0.1) is 5.92 Å². The second-order valence-corrected chi connectivity index (χ2v) is 8.90. The summed E-state index contributed by atoms with van der Waals surface area (Å²) in [6.45, 7) is 6.10. The Kier molecular flexibility index (Phi) is 5.66. The lowest BCUT2D eigenvalue weighted by molar-refractivity contribution is -0.175. The summed E-state index contributed by atoms with van der Waals surface area (Å²) in [5.74, 6) is -1.11. The third-order valence-electron chi connectivity index (χ3n) is 6.27. The molecule has 9 nitrogen and oxygen atoms in total. The van der Waals surface area contributed by atoms with Crippen molar-refractivity contribution < 1.29 is 19.1 Å². The Morgan fingerprint density at radius 1 is 1.31 bits per heavy atom. The van der Waals surface area contributed by atoms with Crippen molar-refractivity contribution in [2.75, 3.05) is 11.9 Å². The highest BCUT2D eigenvalue weighted by Crippen LogP contribution is 2.50. The van der Waals surface area contributed by atoms with Crippen LogP contribution < -0.4 is 15.8 Å². The van der Waals surface area contributed by atoms with Gasteiger partial charge in [0.1, 0.15) is 17.5 Å². The number of nitrogens with one attached hydrogen (secondary N) is 1. The molecule has 1 fully saturated rings. The van der Waals surface area contributed by atoms with E-state index in [2.05, 4.69) is 10.4 Å². The SMILES string of the molecule is CC(C)n1nccc1NC(=O)CCCN1C(=O)[C@H](C(N)=O)[C@H]2C[C@@]1(C)Oc1ccccc12. The Bertz CT molecular complexity index is 1050. The van der Waals surface area contributed by atoms with E-state index in [9.17, 15) is 14.4 Å². The number of anilines is 1. The third-order valence-corrected chi connectivity index (χ3v) is 6.27. The molecule has 1 aromatic carbocycles. The molecule has 0 saturated carbocycles. The number of primary amides is 1. The first kappa shape index (κ1) is 21.9. The second-order valence-electron chi connectivity index (χ2n) is 8.90. The lowest BCUT2D eigenvalue weighted by Gasteiger charge is -2.52. The molecule has 2 aliphatic heterocycles. The van der Waals surface area contributed by atoms with Gasteiger partial charge in [-0.3, -0.25) is 14.4 Å². The monoisotopic (exact) mass is 439 g/mol. The summed E-state index contributed by atoms with van der Waals surface area (Å²) in [5, 5.41) is 7.07.